The van der Waals surface area contributed by atoms with E-state index in [9.17, 15) is 9.18 Å². The molecule has 1 aromatic rings. The standard InChI is InChI=1S/C12H17FN2O/c1-9(14-8-12(16)15(2)3)10-4-6-11(13)7-5-10/h4-7,9,14H,8H2,1-3H3/t9-/m1/s1. The second kappa shape index (κ2) is 5.61. The maximum absolute atomic E-state index is 12.7. The van der Waals surface area contributed by atoms with Crippen LogP contribution in [0.4, 0.5) is 4.39 Å². The van der Waals surface area contributed by atoms with Crippen LogP contribution < -0.4 is 5.32 Å². The van der Waals surface area contributed by atoms with Gasteiger partial charge in [0.2, 0.25) is 5.91 Å². The van der Waals surface area contributed by atoms with Gasteiger partial charge < -0.3 is 10.2 Å². The zero-order chi connectivity index (χ0) is 12.1. The molecule has 1 N–H and O–H groups in total. The first-order chi connectivity index (χ1) is 7.50. The van der Waals surface area contributed by atoms with Gasteiger partial charge in [-0.05, 0) is 24.6 Å². The van der Waals surface area contributed by atoms with Crippen LogP contribution in [0.3, 0.4) is 0 Å². The number of hydrogen-bond donors (Lipinski definition) is 1. The van der Waals surface area contributed by atoms with E-state index in [0.29, 0.717) is 0 Å². The van der Waals surface area contributed by atoms with E-state index in [1.54, 1.807) is 26.2 Å². The molecule has 0 heterocycles. The lowest BCUT2D eigenvalue weighted by Gasteiger charge is -2.16. The highest BCUT2D eigenvalue weighted by atomic mass is 19.1. The Kier molecular flexibility index (Phi) is 4.43. The van der Waals surface area contributed by atoms with Crippen LogP contribution in [0.15, 0.2) is 24.3 Å². The Labute approximate surface area is 95.3 Å². The van der Waals surface area contributed by atoms with Crippen molar-refractivity contribution in [3.05, 3.63) is 35.6 Å². The van der Waals surface area contributed by atoms with Crippen molar-refractivity contribution in [2.45, 2.75) is 13.0 Å². The van der Waals surface area contributed by atoms with E-state index >= 15 is 0 Å². The van der Waals surface area contributed by atoms with Gasteiger partial charge in [0.25, 0.3) is 0 Å². The van der Waals surface area contributed by atoms with Crippen LogP contribution in [-0.2, 0) is 4.79 Å². The molecule has 0 unspecified atom stereocenters. The fraction of sp³-hybridized carbons (Fsp3) is 0.417. The van der Waals surface area contributed by atoms with Crippen molar-refractivity contribution in [3.8, 4) is 0 Å². The van der Waals surface area contributed by atoms with Gasteiger partial charge in [-0.15, -0.1) is 0 Å². The predicted molar refractivity (Wildman–Crippen MR) is 61.5 cm³/mol. The molecule has 16 heavy (non-hydrogen) atoms. The molecule has 0 saturated carbocycles. The molecule has 0 saturated heterocycles. The van der Waals surface area contributed by atoms with Gasteiger partial charge in [-0.2, -0.15) is 0 Å². The number of nitrogens with zero attached hydrogens (tertiary/aromatic N) is 1. The van der Waals surface area contributed by atoms with E-state index in [0.717, 1.165) is 5.56 Å². The molecule has 0 aliphatic carbocycles. The summed E-state index contributed by atoms with van der Waals surface area (Å²) in [7, 11) is 3.43. The normalized spacial score (nSPS) is 12.2. The third-order valence-electron chi connectivity index (χ3n) is 2.43. The van der Waals surface area contributed by atoms with E-state index in [-0.39, 0.29) is 24.3 Å². The Morgan fingerprint density at radius 3 is 2.44 bits per heavy atom. The molecule has 1 atom stereocenters. The summed E-state index contributed by atoms with van der Waals surface area (Å²) in [5.41, 5.74) is 0.966. The zero-order valence-electron chi connectivity index (χ0n) is 9.83. The summed E-state index contributed by atoms with van der Waals surface area (Å²) in [6.45, 7) is 2.22. The second-order valence-corrected chi connectivity index (χ2v) is 3.94. The first-order valence-corrected chi connectivity index (χ1v) is 5.19. The van der Waals surface area contributed by atoms with E-state index < -0.39 is 0 Å². The number of nitrogens with one attached hydrogen (secondary N) is 1. The molecule has 1 rings (SSSR count). The molecular formula is C12H17FN2O. The first-order valence-electron chi connectivity index (χ1n) is 5.19. The summed E-state index contributed by atoms with van der Waals surface area (Å²) in [5.74, 6) is -0.228. The quantitative estimate of drug-likeness (QED) is 0.842. The molecule has 0 spiro atoms. The Morgan fingerprint density at radius 2 is 1.94 bits per heavy atom. The van der Waals surface area contributed by atoms with Gasteiger partial charge in [0, 0.05) is 20.1 Å². The highest BCUT2D eigenvalue weighted by Gasteiger charge is 2.08. The van der Waals surface area contributed by atoms with Crippen molar-refractivity contribution in [2.24, 2.45) is 0 Å². The number of amides is 1. The van der Waals surface area contributed by atoms with E-state index in [4.69, 9.17) is 0 Å². The lowest BCUT2D eigenvalue weighted by atomic mass is 10.1. The fourth-order valence-corrected chi connectivity index (χ4v) is 1.27. The minimum absolute atomic E-state index is 0.0222. The van der Waals surface area contributed by atoms with Crippen LogP contribution in [0.25, 0.3) is 0 Å². The number of likely N-dealkylation sites (N-methyl/N-ethyl adjacent to an activating group) is 1. The lowest BCUT2D eigenvalue weighted by Crippen LogP contribution is -2.34. The van der Waals surface area contributed by atoms with Crippen molar-refractivity contribution >= 4 is 5.91 Å². The average Bonchev–Trinajstić information content (AvgIpc) is 2.26. The molecular weight excluding hydrogens is 207 g/mol. The molecule has 0 aliphatic heterocycles. The number of carbonyl (C=O) groups excluding carboxylic acids is 1. The Bertz CT molecular complexity index is 349. The van der Waals surface area contributed by atoms with Gasteiger partial charge in [-0.25, -0.2) is 4.39 Å². The predicted octanol–water partition coefficient (Wildman–Crippen LogP) is 1.56. The molecule has 0 aromatic heterocycles. The van der Waals surface area contributed by atoms with Gasteiger partial charge in [-0.3, -0.25) is 4.79 Å². The summed E-state index contributed by atoms with van der Waals surface area (Å²) in [6.07, 6.45) is 0. The number of carbonyl (C=O) groups is 1. The number of rotatable bonds is 4. The molecule has 1 aromatic carbocycles. The third kappa shape index (κ3) is 3.62. The average molecular weight is 224 g/mol. The van der Waals surface area contributed by atoms with Crippen molar-refractivity contribution in [1.82, 2.24) is 10.2 Å². The Hall–Kier alpha value is -1.42. The van der Waals surface area contributed by atoms with Crippen molar-refractivity contribution in [2.75, 3.05) is 20.6 Å². The minimum atomic E-state index is -0.250. The van der Waals surface area contributed by atoms with E-state index in [1.807, 2.05) is 6.92 Å². The monoisotopic (exact) mass is 224 g/mol. The SMILES string of the molecule is C[C@@H](NCC(=O)N(C)C)c1ccc(F)cc1. The number of halogens is 1. The van der Waals surface area contributed by atoms with Crippen LogP contribution in [0.5, 0.6) is 0 Å². The summed E-state index contributed by atoms with van der Waals surface area (Å²) in [6, 6.07) is 6.30. The molecule has 0 bridgehead atoms. The maximum Gasteiger partial charge on any atom is 0.236 e. The first kappa shape index (κ1) is 12.6. The topological polar surface area (TPSA) is 32.3 Å². The van der Waals surface area contributed by atoms with Gasteiger partial charge in [0.1, 0.15) is 5.82 Å². The van der Waals surface area contributed by atoms with Crippen molar-refractivity contribution in [3.63, 3.8) is 0 Å². The van der Waals surface area contributed by atoms with Crippen molar-refractivity contribution < 1.29 is 9.18 Å². The molecule has 4 heteroatoms. The number of hydrogen-bond acceptors (Lipinski definition) is 2. The zero-order valence-corrected chi connectivity index (χ0v) is 9.83. The largest absolute Gasteiger partial charge is 0.348 e. The molecule has 0 radical (unpaired) electrons. The lowest BCUT2D eigenvalue weighted by molar-refractivity contribution is -0.127. The van der Waals surface area contributed by atoms with Crippen LogP contribution in [-0.4, -0.2) is 31.4 Å². The summed E-state index contributed by atoms with van der Waals surface area (Å²) >= 11 is 0. The summed E-state index contributed by atoms with van der Waals surface area (Å²) in [4.78, 5) is 12.9. The van der Waals surface area contributed by atoms with Crippen molar-refractivity contribution in [1.29, 1.82) is 0 Å². The molecule has 1 amide bonds. The van der Waals surface area contributed by atoms with E-state index in [2.05, 4.69) is 5.32 Å². The van der Waals surface area contributed by atoms with E-state index in [1.165, 1.54) is 17.0 Å². The van der Waals surface area contributed by atoms with Gasteiger partial charge >= 0.3 is 0 Å². The Balaban J connectivity index is 2.49. The van der Waals surface area contributed by atoms with Gasteiger partial charge in [-0.1, -0.05) is 12.1 Å². The minimum Gasteiger partial charge on any atom is -0.348 e. The fourth-order valence-electron chi connectivity index (χ4n) is 1.27. The second-order valence-electron chi connectivity index (χ2n) is 3.94. The van der Waals surface area contributed by atoms with Crippen LogP contribution in [0, 0.1) is 5.82 Å². The van der Waals surface area contributed by atoms with Gasteiger partial charge in [0.15, 0.2) is 0 Å². The molecule has 0 fully saturated rings. The highest BCUT2D eigenvalue weighted by Crippen LogP contribution is 2.12. The van der Waals surface area contributed by atoms with Gasteiger partial charge in [0.05, 0.1) is 6.54 Å². The third-order valence-corrected chi connectivity index (χ3v) is 2.43. The molecule has 3 nitrogen and oxygen atoms in total. The van der Waals surface area contributed by atoms with Crippen LogP contribution in [0.1, 0.15) is 18.5 Å². The maximum atomic E-state index is 12.7. The Morgan fingerprint density at radius 1 is 1.38 bits per heavy atom. The van der Waals surface area contributed by atoms with Crippen LogP contribution >= 0.6 is 0 Å². The molecule has 0 aliphatic rings. The molecule has 88 valence electrons. The summed E-state index contributed by atoms with van der Waals surface area (Å²) in [5, 5.41) is 3.09. The summed E-state index contributed by atoms with van der Waals surface area (Å²) < 4.78 is 12.7. The highest BCUT2D eigenvalue weighted by molar-refractivity contribution is 5.77. The smallest absolute Gasteiger partial charge is 0.236 e. The number of benzene rings is 1. The van der Waals surface area contributed by atoms with Crippen LogP contribution in [0.2, 0.25) is 0 Å².